The molecule has 0 aliphatic heterocycles. The number of benzene rings is 1. The first-order valence-electron chi connectivity index (χ1n) is 4.19. The van der Waals surface area contributed by atoms with Crippen LogP contribution in [0.5, 0.6) is 0 Å². The first-order chi connectivity index (χ1) is 5.86. The van der Waals surface area contributed by atoms with Crippen LogP contribution >= 0.6 is 0 Å². The summed E-state index contributed by atoms with van der Waals surface area (Å²) in [6, 6.07) is 9.94. The van der Waals surface area contributed by atoms with Crippen LogP contribution in [0, 0.1) is 0 Å². The molecule has 1 aromatic carbocycles. The highest BCUT2D eigenvalue weighted by Gasteiger charge is 1.95. The maximum atomic E-state index is 12.2. The zero-order valence-corrected chi connectivity index (χ0v) is 7.26. The predicted octanol–water partition coefficient (Wildman–Crippen LogP) is 3.49. The van der Waals surface area contributed by atoms with Crippen molar-refractivity contribution in [2.75, 3.05) is 0 Å². The van der Waals surface area contributed by atoms with Crippen LogP contribution in [0.25, 0.3) is 0 Å². The SMILES string of the molecule is CC/C(=C/F)Cc1ccccc1. The molecule has 0 aliphatic carbocycles. The van der Waals surface area contributed by atoms with Gasteiger partial charge in [-0.25, -0.2) is 4.39 Å². The molecule has 1 rings (SSSR count). The van der Waals surface area contributed by atoms with E-state index in [1.54, 1.807) is 0 Å². The van der Waals surface area contributed by atoms with Crippen LogP contribution in [0.4, 0.5) is 4.39 Å². The number of hydrogen-bond donors (Lipinski definition) is 0. The van der Waals surface area contributed by atoms with Gasteiger partial charge in [0.05, 0.1) is 6.33 Å². The van der Waals surface area contributed by atoms with Crippen molar-refractivity contribution in [3.63, 3.8) is 0 Å². The quantitative estimate of drug-likeness (QED) is 0.641. The van der Waals surface area contributed by atoms with E-state index in [1.807, 2.05) is 37.3 Å². The third-order valence-electron chi connectivity index (χ3n) is 1.88. The molecule has 0 atom stereocenters. The first-order valence-corrected chi connectivity index (χ1v) is 4.19. The van der Waals surface area contributed by atoms with Crippen LogP contribution in [0.1, 0.15) is 18.9 Å². The van der Waals surface area contributed by atoms with Crippen LogP contribution in [0.2, 0.25) is 0 Å². The molecule has 64 valence electrons. The van der Waals surface area contributed by atoms with Crippen molar-refractivity contribution in [1.29, 1.82) is 0 Å². The Morgan fingerprint density at radius 2 is 2.00 bits per heavy atom. The molecule has 0 unspecified atom stereocenters. The van der Waals surface area contributed by atoms with E-state index in [9.17, 15) is 4.39 Å². The molecule has 1 aromatic rings. The van der Waals surface area contributed by atoms with Gasteiger partial charge in [-0.2, -0.15) is 0 Å². The molecule has 0 saturated heterocycles. The average molecular weight is 164 g/mol. The summed E-state index contributed by atoms with van der Waals surface area (Å²) in [5.74, 6) is 0. The fraction of sp³-hybridized carbons (Fsp3) is 0.273. The molecule has 0 N–H and O–H groups in total. The Labute approximate surface area is 72.7 Å². The van der Waals surface area contributed by atoms with Gasteiger partial charge in [0.25, 0.3) is 0 Å². The van der Waals surface area contributed by atoms with Crippen molar-refractivity contribution < 1.29 is 4.39 Å². The zero-order valence-electron chi connectivity index (χ0n) is 7.26. The van der Waals surface area contributed by atoms with Crippen molar-refractivity contribution in [3.05, 3.63) is 47.8 Å². The van der Waals surface area contributed by atoms with E-state index in [-0.39, 0.29) is 0 Å². The Kier molecular flexibility index (Phi) is 3.52. The summed E-state index contributed by atoms with van der Waals surface area (Å²) in [7, 11) is 0. The van der Waals surface area contributed by atoms with Crippen molar-refractivity contribution in [3.8, 4) is 0 Å². The Morgan fingerprint density at radius 3 is 2.50 bits per heavy atom. The second kappa shape index (κ2) is 4.70. The molecule has 0 fully saturated rings. The van der Waals surface area contributed by atoms with Gasteiger partial charge in [-0.05, 0) is 24.0 Å². The Balaban J connectivity index is 2.64. The summed E-state index contributed by atoms with van der Waals surface area (Å²) in [6.07, 6.45) is 2.23. The minimum absolute atomic E-state index is 0.715. The van der Waals surface area contributed by atoms with Gasteiger partial charge < -0.3 is 0 Å². The lowest BCUT2D eigenvalue weighted by molar-refractivity contribution is 0.696. The van der Waals surface area contributed by atoms with E-state index in [0.717, 1.165) is 18.4 Å². The van der Waals surface area contributed by atoms with Crippen molar-refractivity contribution in [1.82, 2.24) is 0 Å². The van der Waals surface area contributed by atoms with Crippen LogP contribution in [0.3, 0.4) is 0 Å². The summed E-state index contributed by atoms with van der Waals surface area (Å²) in [5, 5.41) is 0. The number of rotatable bonds is 3. The molecule has 0 bridgehead atoms. The largest absolute Gasteiger partial charge is 0.216 e. The number of halogens is 1. The normalized spacial score (nSPS) is 11.7. The third kappa shape index (κ3) is 2.50. The van der Waals surface area contributed by atoms with Gasteiger partial charge in [0.2, 0.25) is 0 Å². The highest BCUT2D eigenvalue weighted by atomic mass is 19.1. The molecule has 12 heavy (non-hydrogen) atoms. The second-order valence-electron chi connectivity index (χ2n) is 2.78. The van der Waals surface area contributed by atoms with Crippen LogP contribution in [-0.2, 0) is 6.42 Å². The molecule has 1 heteroatoms. The van der Waals surface area contributed by atoms with Gasteiger partial charge in [0.15, 0.2) is 0 Å². The van der Waals surface area contributed by atoms with E-state index in [4.69, 9.17) is 0 Å². The maximum absolute atomic E-state index is 12.2. The molecule has 0 spiro atoms. The van der Waals surface area contributed by atoms with Gasteiger partial charge in [-0.3, -0.25) is 0 Å². The standard InChI is InChI=1S/C11H13F/c1-2-10(9-12)8-11-6-4-3-5-7-11/h3-7,9H,2,8H2,1H3/b10-9-. The lowest BCUT2D eigenvalue weighted by atomic mass is 10.1. The van der Waals surface area contributed by atoms with E-state index in [0.29, 0.717) is 6.33 Å². The molecule has 0 heterocycles. The van der Waals surface area contributed by atoms with E-state index < -0.39 is 0 Å². The summed E-state index contributed by atoms with van der Waals surface area (Å²) in [5.41, 5.74) is 2.02. The Hall–Kier alpha value is -1.11. The lowest BCUT2D eigenvalue weighted by Gasteiger charge is -2.01. The van der Waals surface area contributed by atoms with Gasteiger partial charge in [-0.1, -0.05) is 37.3 Å². The maximum Gasteiger partial charge on any atom is 0.0862 e. The highest BCUT2D eigenvalue weighted by molar-refractivity contribution is 5.20. The van der Waals surface area contributed by atoms with Crippen LogP contribution in [-0.4, -0.2) is 0 Å². The fourth-order valence-corrected chi connectivity index (χ4v) is 1.10. The summed E-state index contributed by atoms with van der Waals surface area (Å²) >= 11 is 0. The molecule has 0 aliphatic rings. The van der Waals surface area contributed by atoms with E-state index >= 15 is 0 Å². The summed E-state index contributed by atoms with van der Waals surface area (Å²) in [4.78, 5) is 0. The predicted molar refractivity (Wildman–Crippen MR) is 49.6 cm³/mol. The highest BCUT2D eigenvalue weighted by Crippen LogP contribution is 2.10. The smallest absolute Gasteiger partial charge is 0.0862 e. The van der Waals surface area contributed by atoms with Gasteiger partial charge in [-0.15, -0.1) is 0 Å². The molecule has 0 aromatic heterocycles. The lowest BCUT2D eigenvalue weighted by Crippen LogP contribution is -1.87. The second-order valence-corrected chi connectivity index (χ2v) is 2.78. The van der Waals surface area contributed by atoms with Crippen molar-refractivity contribution in [2.24, 2.45) is 0 Å². The van der Waals surface area contributed by atoms with Crippen LogP contribution in [0.15, 0.2) is 42.2 Å². The average Bonchev–Trinajstić information content (AvgIpc) is 2.16. The van der Waals surface area contributed by atoms with Gasteiger partial charge in [0, 0.05) is 0 Å². The summed E-state index contributed by atoms with van der Waals surface area (Å²) in [6.45, 7) is 1.97. The first kappa shape index (κ1) is 8.98. The van der Waals surface area contributed by atoms with Gasteiger partial charge in [0.1, 0.15) is 0 Å². The number of allylic oxidation sites excluding steroid dienone is 1. The van der Waals surface area contributed by atoms with Crippen molar-refractivity contribution >= 4 is 0 Å². The summed E-state index contributed by atoms with van der Waals surface area (Å²) < 4.78 is 12.2. The number of hydrogen-bond acceptors (Lipinski definition) is 0. The van der Waals surface area contributed by atoms with Crippen molar-refractivity contribution in [2.45, 2.75) is 19.8 Å². The molecule has 0 amide bonds. The molecule has 0 nitrogen and oxygen atoms in total. The zero-order chi connectivity index (χ0) is 8.81. The minimum atomic E-state index is 0.715. The monoisotopic (exact) mass is 164 g/mol. The molecular formula is C11H13F. The Morgan fingerprint density at radius 1 is 1.33 bits per heavy atom. The van der Waals surface area contributed by atoms with E-state index in [1.165, 1.54) is 5.56 Å². The van der Waals surface area contributed by atoms with E-state index in [2.05, 4.69) is 0 Å². The van der Waals surface area contributed by atoms with Gasteiger partial charge >= 0.3 is 0 Å². The molecular weight excluding hydrogens is 151 g/mol. The third-order valence-corrected chi connectivity index (χ3v) is 1.88. The Bertz CT molecular complexity index is 249. The molecule has 0 radical (unpaired) electrons. The van der Waals surface area contributed by atoms with Crippen LogP contribution < -0.4 is 0 Å². The fourth-order valence-electron chi connectivity index (χ4n) is 1.10. The molecule has 0 saturated carbocycles. The topological polar surface area (TPSA) is 0 Å². The minimum Gasteiger partial charge on any atom is -0.216 e.